The summed E-state index contributed by atoms with van der Waals surface area (Å²) in [5, 5.41) is 6.73. The maximum atomic E-state index is 12.8. The molecule has 0 radical (unpaired) electrons. The molecule has 0 saturated carbocycles. The van der Waals surface area contributed by atoms with Crippen LogP contribution < -0.4 is 10.9 Å². The fourth-order valence-electron chi connectivity index (χ4n) is 2.25. The van der Waals surface area contributed by atoms with E-state index in [0.717, 1.165) is 5.56 Å². The largest absolute Gasteiger partial charge is 0.352 e. The van der Waals surface area contributed by atoms with Gasteiger partial charge in [0.1, 0.15) is 11.3 Å². The lowest BCUT2D eigenvalue weighted by molar-refractivity contribution is -0.121. The van der Waals surface area contributed by atoms with Crippen molar-refractivity contribution in [3.05, 3.63) is 70.7 Å². The Hall–Kier alpha value is -2.96. The van der Waals surface area contributed by atoms with Gasteiger partial charge in [-0.25, -0.2) is 8.91 Å². The quantitative estimate of drug-likeness (QED) is 0.773. The molecule has 0 bridgehead atoms. The second kappa shape index (κ2) is 6.43. The third kappa shape index (κ3) is 3.45. The second-order valence-corrected chi connectivity index (χ2v) is 5.11. The molecule has 23 heavy (non-hydrogen) atoms. The molecular weight excluding hydrogens is 299 g/mol. The Morgan fingerprint density at radius 3 is 2.74 bits per heavy atom. The van der Waals surface area contributed by atoms with E-state index in [0.29, 0.717) is 12.1 Å². The van der Waals surface area contributed by atoms with Crippen LogP contribution in [0.5, 0.6) is 0 Å². The first-order chi connectivity index (χ1) is 11.1. The first-order valence-electron chi connectivity index (χ1n) is 7.17. The topological polar surface area (TPSA) is 68.4 Å². The number of hydrogen-bond acceptors (Lipinski definition) is 3. The summed E-state index contributed by atoms with van der Waals surface area (Å²) in [6.45, 7) is 0.617. The fourth-order valence-corrected chi connectivity index (χ4v) is 2.25. The molecule has 2 heterocycles. The van der Waals surface area contributed by atoms with E-state index in [4.69, 9.17) is 0 Å². The van der Waals surface area contributed by atoms with Crippen LogP contribution in [0.4, 0.5) is 4.39 Å². The number of nitrogens with zero attached hydrogens (tertiary/aromatic N) is 3. The van der Waals surface area contributed by atoms with Crippen LogP contribution in [-0.4, -0.2) is 20.1 Å². The number of rotatable bonds is 5. The third-order valence-corrected chi connectivity index (χ3v) is 3.52. The summed E-state index contributed by atoms with van der Waals surface area (Å²) in [6.07, 6.45) is 5.02. The van der Waals surface area contributed by atoms with Crippen molar-refractivity contribution in [3.8, 4) is 0 Å². The van der Waals surface area contributed by atoms with Gasteiger partial charge < -0.3 is 9.88 Å². The monoisotopic (exact) mass is 314 g/mol. The van der Waals surface area contributed by atoms with Crippen molar-refractivity contribution in [2.75, 3.05) is 0 Å². The van der Waals surface area contributed by atoms with Gasteiger partial charge >= 0.3 is 0 Å². The van der Waals surface area contributed by atoms with Crippen molar-refractivity contribution in [2.45, 2.75) is 19.5 Å². The molecular formula is C16H15FN4O2. The van der Waals surface area contributed by atoms with Gasteiger partial charge in [-0.1, -0.05) is 12.1 Å². The number of halogens is 1. The zero-order valence-electron chi connectivity index (χ0n) is 12.3. The van der Waals surface area contributed by atoms with Crippen molar-refractivity contribution >= 4 is 11.4 Å². The first kappa shape index (κ1) is 15.0. The second-order valence-electron chi connectivity index (χ2n) is 5.11. The normalized spacial score (nSPS) is 10.8. The van der Waals surface area contributed by atoms with Gasteiger partial charge in [-0.05, 0) is 23.8 Å². The predicted molar refractivity (Wildman–Crippen MR) is 82.3 cm³/mol. The summed E-state index contributed by atoms with van der Waals surface area (Å²) in [5.74, 6) is -0.482. The molecule has 0 aliphatic heterocycles. The Balaban J connectivity index is 1.56. The number of fused-ring (bicyclic) bond motifs is 1. The van der Waals surface area contributed by atoms with E-state index < -0.39 is 0 Å². The molecule has 0 aliphatic rings. The van der Waals surface area contributed by atoms with Crippen LogP contribution in [0.25, 0.3) is 5.52 Å². The van der Waals surface area contributed by atoms with Gasteiger partial charge in [-0.15, -0.1) is 0 Å². The number of hydrogen-bond donors (Lipinski definition) is 1. The minimum atomic E-state index is -0.310. The van der Waals surface area contributed by atoms with E-state index in [1.807, 2.05) is 0 Å². The molecule has 118 valence electrons. The summed E-state index contributed by atoms with van der Waals surface area (Å²) in [7, 11) is 0. The van der Waals surface area contributed by atoms with Crippen molar-refractivity contribution in [1.29, 1.82) is 0 Å². The van der Waals surface area contributed by atoms with E-state index in [2.05, 4.69) is 10.4 Å². The highest BCUT2D eigenvalue weighted by atomic mass is 19.1. The van der Waals surface area contributed by atoms with E-state index in [1.54, 1.807) is 36.8 Å². The molecule has 0 unspecified atom stereocenters. The highest BCUT2D eigenvalue weighted by Gasteiger charge is 2.06. The number of carbonyl (C=O) groups excluding carboxylic acids is 1. The van der Waals surface area contributed by atoms with Gasteiger partial charge in [-0.2, -0.15) is 5.10 Å². The highest BCUT2D eigenvalue weighted by molar-refractivity contribution is 5.75. The summed E-state index contributed by atoms with van der Waals surface area (Å²) >= 11 is 0. The minimum Gasteiger partial charge on any atom is -0.352 e. The number of aryl methyl sites for hydroxylation is 1. The number of nitrogens with one attached hydrogen (secondary N) is 1. The lowest BCUT2D eigenvalue weighted by Gasteiger charge is -2.07. The molecule has 0 fully saturated rings. The fraction of sp³-hybridized carbons (Fsp3) is 0.188. The van der Waals surface area contributed by atoms with Gasteiger partial charge in [0, 0.05) is 31.9 Å². The van der Waals surface area contributed by atoms with Gasteiger partial charge in [-0.3, -0.25) is 9.59 Å². The van der Waals surface area contributed by atoms with Crippen LogP contribution in [0.2, 0.25) is 0 Å². The Kier molecular flexibility index (Phi) is 4.18. The molecule has 1 aromatic carbocycles. The van der Waals surface area contributed by atoms with E-state index in [1.165, 1.54) is 21.2 Å². The van der Waals surface area contributed by atoms with Gasteiger partial charge in [0.15, 0.2) is 0 Å². The molecule has 0 saturated heterocycles. The van der Waals surface area contributed by atoms with Crippen molar-refractivity contribution < 1.29 is 9.18 Å². The molecule has 0 atom stereocenters. The molecule has 1 amide bonds. The summed E-state index contributed by atoms with van der Waals surface area (Å²) in [4.78, 5) is 24.0. The third-order valence-electron chi connectivity index (χ3n) is 3.52. The van der Waals surface area contributed by atoms with E-state index in [9.17, 15) is 14.0 Å². The van der Waals surface area contributed by atoms with Crippen molar-refractivity contribution in [2.24, 2.45) is 0 Å². The molecule has 7 heteroatoms. The molecule has 0 aliphatic carbocycles. The van der Waals surface area contributed by atoms with Crippen LogP contribution in [-0.2, 0) is 17.9 Å². The highest BCUT2D eigenvalue weighted by Crippen LogP contribution is 2.02. The molecule has 6 nitrogen and oxygen atoms in total. The van der Waals surface area contributed by atoms with Crippen LogP contribution in [0.3, 0.4) is 0 Å². The zero-order chi connectivity index (χ0) is 16.2. The zero-order valence-corrected chi connectivity index (χ0v) is 12.3. The summed E-state index contributed by atoms with van der Waals surface area (Å²) in [5.41, 5.74) is 1.10. The first-order valence-corrected chi connectivity index (χ1v) is 7.17. The van der Waals surface area contributed by atoms with Gasteiger partial charge in [0.2, 0.25) is 5.91 Å². The van der Waals surface area contributed by atoms with Crippen molar-refractivity contribution in [3.63, 3.8) is 0 Å². The average molecular weight is 314 g/mol. The number of amides is 1. The summed E-state index contributed by atoms with van der Waals surface area (Å²) < 4.78 is 15.8. The van der Waals surface area contributed by atoms with E-state index in [-0.39, 0.29) is 30.2 Å². The Bertz CT molecular complexity index is 883. The maximum Gasteiger partial charge on any atom is 0.276 e. The Labute approximate surface area is 131 Å². The van der Waals surface area contributed by atoms with E-state index >= 15 is 0 Å². The van der Waals surface area contributed by atoms with Gasteiger partial charge in [0.25, 0.3) is 5.56 Å². The standard InChI is InChI=1S/C16H15FN4O2/c17-13-3-1-12(2-4-13)11-18-15(22)6-8-20-9-10-21-14(16(20)23)5-7-19-21/h1-5,7,9-10H,6,8,11H2,(H,18,22). The molecule has 1 N–H and O–H groups in total. The van der Waals surface area contributed by atoms with Crippen LogP contribution >= 0.6 is 0 Å². The lowest BCUT2D eigenvalue weighted by atomic mass is 10.2. The number of carbonyl (C=O) groups is 1. The Morgan fingerprint density at radius 1 is 1.17 bits per heavy atom. The van der Waals surface area contributed by atoms with Crippen LogP contribution in [0, 0.1) is 5.82 Å². The predicted octanol–water partition coefficient (Wildman–Crippen LogP) is 1.34. The number of benzene rings is 1. The Morgan fingerprint density at radius 2 is 1.96 bits per heavy atom. The molecule has 2 aromatic heterocycles. The molecule has 0 spiro atoms. The summed E-state index contributed by atoms with van der Waals surface area (Å²) in [6, 6.07) is 7.57. The van der Waals surface area contributed by atoms with Gasteiger partial charge in [0.05, 0.1) is 6.20 Å². The van der Waals surface area contributed by atoms with Crippen LogP contribution in [0.15, 0.2) is 53.7 Å². The maximum absolute atomic E-state index is 12.8. The lowest BCUT2D eigenvalue weighted by Crippen LogP contribution is -2.27. The molecule has 3 rings (SSSR count). The van der Waals surface area contributed by atoms with Crippen LogP contribution in [0.1, 0.15) is 12.0 Å². The smallest absolute Gasteiger partial charge is 0.276 e. The average Bonchev–Trinajstić information content (AvgIpc) is 3.03. The van der Waals surface area contributed by atoms with Crippen molar-refractivity contribution in [1.82, 2.24) is 19.5 Å². The SMILES string of the molecule is O=C(CCn1ccn2nccc2c1=O)NCc1ccc(F)cc1. The number of aromatic nitrogens is 3. The minimum absolute atomic E-state index is 0.172. The molecule has 3 aromatic rings.